The van der Waals surface area contributed by atoms with Crippen LogP contribution >= 0.6 is 11.3 Å². The third kappa shape index (κ3) is 3.92. The molecule has 0 saturated carbocycles. The summed E-state index contributed by atoms with van der Waals surface area (Å²) in [5, 5.41) is 2.79. The van der Waals surface area contributed by atoms with Gasteiger partial charge in [-0.05, 0) is 60.1 Å². The minimum atomic E-state index is 0.537. The van der Waals surface area contributed by atoms with Gasteiger partial charge in [-0.3, -0.25) is 4.57 Å². The maximum Gasteiger partial charge on any atom is 0.145 e. The van der Waals surface area contributed by atoms with Crippen molar-refractivity contribution in [2.45, 2.75) is 40.5 Å². The normalized spacial score (nSPS) is 12.1. The first-order valence-corrected chi connectivity index (χ1v) is 13.8. The number of benzene rings is 4. The third-order valence-corrected chi connectivity index (χ3v) is 7.99. The molecule has 0 radical (unpaired) electrons. The zero-order chi connectivity index (χ0) is 24.8. The standard InChI is InChI=1S/C33H32N2S/c1-21(2)18-24-20-30-31(25-14-8-11-17-29(25)36-30)26(19-22(3)4)32(24)35-28-16-10-9-15-27(28)34-33(35)23-12-6-5-7-13-23/h5-17,20-22H,18-19H2,1-4H3. The van der Waals surface area contributed by atoms with Crippen LogP contribution in [0, 0.1) is 11.8 Å². The molecule has 0 saturated heterocycles. The van der Waals surface area contributed by atoms with Crippen molar-refractivity contribution >= 4 is 42.5 Å². The van der Waals surface area contributed by atoms with Gasteiger partial charge < -0.3 is 0 Å². The van der Waals surface area contributed by atoms with E-state index in [4.69, 9.17) is 4.98 Å². The molecule has 6 rings (SSSR count). The number of fused-ring (bicyclic) bond motifs is 4. The van der Waals surface area contributed by atoms with Crippen molar-refractivity contribution in [3.05, 3.63) is 96.1 Å². The Bertz CT molecular complexity index is 1690. The van der Waals surface area contributed by atoms with Gasteiger partial charge in [-0.15, -0.1) is 11.3 Å². The number of thiophene rings is 1. The predicted octanol–water partition coefficient (Wildman–Crippen LogP) is 9.46. The molecule has 4 aromatic carbocycles. The molecule has 0 N–H and O–H groups in total. The van der Waals surface area contributed by atoms with Crippen molar-refractivity contribution in [2.75, 3.05) is 0 Å². The van der Waals surface area contributed by atoms with Crippen LogP contribution in [0.15, 0.2) is 84.9 Å². The minimum Gasteiger partial charge on any atom is -0.292 e. The molecule has 0 aliphatic carbocycles. The number of imidazole rings is 1. The summed E-state index contributed by atoms with van der Waals surface area (Å²) in [7, 11) is 0. The fourth-order valence-corrected chi connectivity index (χ4v) is 6.73. The lowest BCUT2D eigenvalue weighted by Crippen LogP contribution is -2.10. The molecular formula is C33H32N2S. The van der Waals surface area contributed by atoms with Gasteiger partial charge in [-0.1, -0.05) is 88.4 Å². The Labute approximate surface area is 217 Å². The first kappa shape index (κ1) is 23.0. The van der Waals surface area contributed by atoms with Gasteiger partial charge in [0.05, 0.1) is 16.7 Å². The highest BCUT2D eigenvalue weighted by molar-refractivity contribution is 7.25. The Morgan fingerprint density at radius 1 is 0.750 bits per heavy atom. The van der Waals surface area contributed by atoms with Crippen molar-refractivity contribution in [1.82, 2.24) is 9.55 Å². The third-order valence-electron chi connectivity index (χ3n) is 6.88. The summed E-state index contributed by atoms with van der Waals surface area (Å²) in [6.45, 7) is 9.32. The smallest absolute Gasteiger partial charge is 0.145 e. The number of para-hydroxylation sites is 2. The van der Waals surface area contributed by atoms with Crippen LogP contribution in [0.1, 0.15) is 38.8 Å². The summed E-state index contributed by atoms with van der Waals surface area (Å²) in [6, 6.07) is 30.6. The molecule has 2 heterocycles. The second-order valence-corrected chi connectivity index (χ2v) is 11.7. The van der Waals surface area contributed by atoms with Crippen LogP contribution in [0.2, 0.25) is 0 Å². The zero-order valence-electron chi connectivity index (χ0n) is 21.5. The van der Waals surface area contributed by atoms with Crippen molar-refractivity contribution in [3.63, 3.8) is 0 Å². The van der Waals surface area contributed by atoms with Crippen LogP contribution in [0.5, 0.6) is 0 Å². The first-order valence-electron chi connectivity index (χ1n) is 13.0. The highest BCUT2D eigenvalue weighted by atomic mass is 32.1. The summed E-state index contributed by atoms with van der Waals surface area (Å²) < 4.78 is 5.23. The Balaban J connectivity index is 1.81. The number of rotatable bonds is 6. The molecule has 0 aliphatic heterocycles. The van der Waals surface area contributed by atoms with Crippen LogP contribution < -0.4 is 0 Å². The first-order chi connectivity index (χ1) is 17.5. The lowest BCUT2D eigenvalue weighted by atomic mass is 9.90. The average Bonchev–Trinajstić information content (AvgIpc) is 3.42. The monoisotopic (exact) mass is 488 g/mol. The number of hydrogen-bond acceptors (Lipinski definition) is 2. The van der Waals surface area contributed by atoms with Crippen molar-refractivity contribution in [1.29, 1.82) is 0 Å². The second kappa shape index (κ2) is 9.22. The minimum absolute atomic E-state index is 0.537. The molecule has 0 fully saturated rings. The van der Waals surface area contributed by atoms with Gasteiger partial charge in [0.25, 0.3) is 0 Å². The summed E-state index contributed by atoms with van der Waals surface area (Å²) in [4.78, 5) is 5.20. The maximum atomic E-state index is 5.20. The molecule has 0 aliphatic rings. The molecule has 6 aromatic rings. The molecule has 0 bridgehead atoms. The van der Waals surface area contributed by atoms with Gasteiger partial charge in [0, 0.05) is 25.7 Å². The van der Waals surface area contributed by atoms with Gasteiger partial charge in [0.15, 0.2) is 0 Å². The number of aromatic nitrogens is 2. The molecule has 2 nitrogen and oxygen atoms in total. The van der Waals surface area contributed by atoms with Crippen LogP contribution in [0.4, 0.5) is 0 Å². The Morgan fingerprint density at radius 2 is 1.44 bits per heavy atom. The second-order valence-electron chi connectivity index (χ2n) is 10.7. The fourth-order valence-electron chi connectivity index (χ4n) is 5.53. The van der Waals surface area contributed by atoms with Gasteiger partial charge in [-0.2, -0.15) is 0 Å². The lowest BCUT2D eigenvalue weighted by molar-refractivity contribution is 0.635. The van der Waals surface area contributed by atoms with E-state index < -0.39 is 0 Å². The molecule has 36 heavy (non-hydrogen) atoms. The van der Waals surface area contributed by atoms with E-state index in [0.29, 0.717) is 11.8 Å². The van der Waals surface area contributed by atoms with E-state index in [2.05, 4.69) is 117 Å². The number of hydrogen-bond donors (Lipinski definition) is 0. The van der Waals surface area contributed by atoms with E-state index in [1.807, 2.05) is 11.3 Å². The Kier molecular flexibility index (Phi) is 5.89. The van der Waals surface area contributed by atoms with Gasteiger partial charge in [0.2, 0.25) is 0 Å². The van der Waals surface area contributed by atoms with Gasteiger partial charge in [-0.25, -0.2) is 4.98 Å². The van der Waals surface area contributed by atoms with Crippen LogP contribution in [0.25, 0.3) is 48.3 Å². The van der Waals surface area contributed by atoms with E-state index in [9.17, 15) is 0 Å². The van der Waals surface area contributed by atoms with E-state index in [0.717, 1.165) is 29.7 Å². The highest BCUT2D eigenvalue weighted by Gasteiger charge is 2.24. The Morgan fingerprint density at radius 3 is 2.22 bits per heavy atom. The molecule has 0 atom stereocenters. The maximum absolute atomic E-state index is 5.20. The highest BCUT2D eigenvalue weighted by Crippen LogP contribution is 2.43. The summed E-state index contributed by atoms with van der Waals surface area (Å²) >= 11 is 1.93. The molecule has 180 valence electrons. The van der Waals surface area contributed by atoms with Crippen LogP contribution in [-0.4, -0.2) is 9.55 Å². The largest absolute Gasteiger partial charge is 0.292 e. The summed E-state index contributed by atoms with van der Waals surface area (Å²) in [5.74, 6) is 2.11. The van der Waals surface area contributed by atoms with Gasteiger partial charge >= 0.3 is 0 Å². The van der Waals surface area contributed by atoms with Crippen molar-refractivity contribution in [3.8, 4) is 17.1 Å². The molecule has 2 aromatic heterocycles. The van der Waals surface area contributed by atoms with E-state index in [-0.39, 0.29) is 0 Å². The van der Waals surface area contributed by atoms with Gasteiger partial charge in [0.1, 0.15) is 5.82 Å². The topological polar surface area (TPSA) is 17.8 Å². The quantitative estimate of drug-likeness (QED) is 0.228. The van der Waals surface area contributed by atoms with E-state index in [1.54, 1.807) is 0 Å². The predicted molar refractivity (Wildman–Crippen MR) is 156 cm³/mol. The summed E-state index contributed by atoms with van der Waals surface area (Å²) in [5.41, 5.74) is 7.56. The fraction of sp³-hybridized carbons (Fsp3) is 0.242. The molecule has 0 spiro atoms. The van der Waals surface area contributed by atoms with Crippen LogP contribution in [-0.2, 0) is 12.8 Å². The molecular weight excluding hydrogens is 456 g/mol. The molecule has 3 heteroatoms. The van der Waals surface area contributed by atoms with Crippen molar-refractivity contribution in [2.24, 2.45) is 11.8 Å². The van der Waals surface area contributed by atoms with Crippen LogP contribution in [0.3, 0.4) is 0 Å². The zero-order valence-corrected chi connectivity index (χ0v) is 22.3. The Hall–Kier alpha value is -3.43. The average molecular weight is 489 g/mol. The van der Waals surface area contributed by atoms with E-state index >= 15 is 0 Å². The SMILES string of the molecule is CC(C)Cc1cc2sc3ccccc3c2c(CC(C)C)c1-n1c(-c2ccccc2)nc2ccccc21. The van der Waals surface area contributed by atoms with E-state index in [1.165, 1.54) is 42.5 Å². The molecule has 0 amide bonds. The lowest BCUT2D eigenvalue weighted by Gasteiger charge is -2.22. The summed E-state index contributed by atoms with van der Waals surface area (Å²) in [6.07, 6.45) is 2.06. The number of nitrogens with zero attached hydrogens (tertiary/aromatic N) is 2. The molecule has 0 unspecified atom stereocenters. The van der Waals surface area contributed by atoms with Crippen molar-refractivity contribution < 1.29 is 0 Å².